The number of primary amides is 1. The van der Waals surface area contributed by atoms with Gasteiger partial charge in [-0.15, -0.1) is 0 Å². The maximum absolute atomic E-state index is 12.0. The van der Waals surface area contributed by atoms with Gasteiger partial charge in [0.15, 0.2) is 0 Å². The lowest BCUT2D eigenvalue weighted by molar-refractivity contribution is 0.0375. The number of carbonyl (C=O) groups excluding carboxylic acids is 4. The number of nitrogen functional groups attached to an aromatic ring is 10. The highest BCUT2D eigenvalue weighted by molar-refractivity contribution is 5.98. The van der Waals surface area contributed by atoms with Crippen LogP contribution in [0.2, 0.25) is 0 Å². The molecule has 5 aromatic carbocycles. The van der Waals surface area contributed by atoms with Crippen molar-refractivity contribution in [3.8, 4) is 0 Å². The largest absolute Gasteiger partial charge is 0.478 e. The number of nitrogens with zero attached hydrogens (tertiary/aromatic N) is 1. The minimum Gasteiger partial charge on any atom is -0.478 e. The van der Waals surface area contributed by atoms with Gasteiger partial charge >= 0.3 is 5.97 Å². The van der Waals surface area contributed by atoms with Gasteiger partial charge in [0.25, 0.3) is 17.7 Å². The number of carboxylic acids is 1. The Labute approximate surface area is 418 Å². The average molecular weight is 1020 g/mol. The quantitative estimate of drug-likeness (QED) is 0.0438. The van der Waals surface area contributed by atoms with Gasteiger partial charge in [0, 0.05) is 92.2 Å². The Morgan fingerprint density at radius 3 is 1.00 bits per heavy atom. The molecular formula is C46H66N14O13. The third kappa shape index (κ3) is 22.2. The number of nitrogens with one attached hydrogen (secondary N) is 2. The molecule has 0 aliphatic carbocycles. The van der Waals surface area contributed by atoms with Gasteiger partial charge in [-0.3, -0.25) is 19.2 Å². The van der Waals surface area contributed by atoms with Crippen LogP contribution in [-0.2, 0) is 0 Å². The fraction of sp³-hybridized carbons (Fsp3) is 0.239. The number of hydrogen-bond donors (Lipinski definition) is 21. The minimum atomic E-state index is -1.48. The number of aliphatic hydroxyl groups excluding tert-OH is 7. The van der Waals surface area contributed by atoms with E-state index in [1.807, 2.05) is 0 Å². The molecule has 0 aliphatic heterocycles. The van der Waals surface area contributed by atoms with Gasteiger partial charge in [-0.1, -0.05) is 0 Å². The van der Waals surface area contributed by atoms with Crippen LogP contribution >= 0.6 is 0 Å². The number of aromatic carboxylic acids is 1. The number of nitrogens with two attached hydrogens (primary N) is 11. The maximum atomic E-state index is 12.0. The van der Waals surface area contributed by atoms with Gasteiger partial charge in [-0.25, -0.2) is 4.79 Å². The number of anilines is 10. The molecule has 0 aliphatic rings. The topological polar surface area (TPSA) is 561 Å². The van der Waals surface area contributed by atoms with E-state index in [9.17, 15) is 24.0 Å². The third-order valence-electron chi connectivity index (χ3n) is 9.28. The first-order chi connectivity index (χ1) is 34.3. The second-order valence-electron chi connectivity index (χ2n) is 15.6. The lowest BCUT2D eigenvalue weighted by atomic mass is 10.0. The van der Waals surface area contributed by atoms with E-state index in [0.717, 1.165) is 0 Å². The minimum absolute atomic E-state index is 0.113. The molecule has 0 fully saturated rings. The normalized spacial score (nSPS) is 10.3. The molecule has 0 saturated heterocycles. The van der Waals surface area contributed by atoms with Gasteiger partial charge in [0.1, 0.15) is 5.54 Å². The van der Waals surface area contributed by atoms with E-state index in [1.54, 1.807) is 12.1 Å². The Balaban J connectivity index is 0.000000462. The first-order valence-corrected chi connectivity index (χ1v) is 21.3. The van der Waals surface area contributed by atoms with Gasteiger partial charge in [-0.05, 0) is 91.0 Å². The fourth-order valence-electron chi connectivity index (χ4n) is 5.77. The predicted molar refractivity (Wildman–Crippen MR) is 279 cm³/mol. The molecular weight excluding hydrogens is 957 g/mol. The van der Waals surface area contributed by atoms with Crippen LogP contribution in [0.3, 0.4) is 0 Å². The zero-order valence-electron chi connectivity index (χ0n) is 39.5. The van der Waals surface area contributed by atoms with Gasteiger partial charge < -0.3 is 119 Å². The van der Waals surface area contributed by atoms with Crippen LogP contribution in [0.5, 0.6) is 0 Å². The fourth-order valence-corrected chi connectivity index (χ4v) is 5.77. The van der Waals surface area contributed by atoms with Crippen molar-refractivity contribution in [2.45, 2.75) is 11.6 Å². The first-order valence-electron chi connectivity index (χ1n) is 21.3. The highest BCUT2D eigenvalue weighted by Gasteiger charge is 2.30. The zero-order chi connectivity index (χ0) is 55.6. The molecule has 0 atom stereocenters. The van der Waals surface area contributed by atoms with Crippen molar-refractivity contribution in [1.29, 1.82) is 0 Å². The summed E-state index contributed by atoms with van der Waals surface area (Å²) in [4.78, 5) is 57.9. The molecule has 398 valence electrons. The lowest BCUT2D eigenvalue weighted by Crippen LogP contribution is -2.57. The number of carbonyl (C=O) groups is 5. The van der Waals surface area contributed by atoms with Crippen LogP contribution in [-0.4, -0.2) is 146 Å². The van der Waals surface area contributed by atoms with E-state index in [-0.39, 0.29) is 56.6 Å². The van der Waals surface area contributed by atoms with Crippen molar-refractivity contribution in [2.24, 2.45) is 5.73 Å². The number of benzene rings is 5. The third-order valence-corrected chi connectivity index (χ3v) is 9.28. The molecule has 73 heavy (non-hydrogen) atoms. The van der Waals surface area contributed by atoms with Crippen molar-refractivity contribution in [1.82, 2.24) is 15.5 Å². The van der Waals surface area contributed by atoms with E-state index < -0.39 is 55.1 Å². The van der Waals surface area contributed by atoms with Gasteiger partial charge in [-0.2, -0.15) is 0 Å². The summed E-state index contributed by atoms with van der Waals surface area (Å²) < 4.78 is 0. The molecule has 4 amide bonds. The predicted octanol–water partition coefficient (Wildman–Crippen LogP) is -2.99. The molecule has 0 spiro atoms. The molecule has 5 aromatic rings. The molecule has 0 radical (unpaired) electrons. The van der Waals surface area contributed by atoms with Crippen molar-refractivity contribution < 1.29 is 64.8 Å². The molecule has 27 heteroatoms. The summed E-state index contributed by atoms with van der Waals surface area (Å²) in [7, 11) is 0. The Morgan fingerprint density at radius 1 is 0.438 bits per heavy atom. The number of hydrogen-bond acceptors (Lipinski definition) is 22. The van der Waals surface area contributed by atoms with Gasteiger partial charge in [0.05, 0.1) is 57.9 Å². The molecule has 5 rings (SSSR count). The second-order valence-corrected chi connectivity index (χ2v) is 15.6. The van der Waals surface area contributed by atoms with E-state index in [0.29, 0.717) is 73.6 Å². The Bertz CT molecular complexity index is 2440. The Kier molecular flexibility index (Phi) is 26.2. The Hall–Kier alpha value is -8.83. The molecule has 0 bridgehead atoms. The highest BCUT2D eigenvalue weighted by Crippen LogP contribution is 2.18. The average Bonchev–Trinajstić information content (AvgIpc) is 3.31. The van der Waals surface area contributed by atoms with Crippen molar-refractivity contribution in [3.63, 3.8) is 0 Å². The number of amides is 4. The van der Waals surface area contributed by atoms with E-state index in [2.05, 4.69) is 10.6 Å². The molecule has 0 unspecified atom stereocenters. The monoisotopic (exact) mass is 1020 g/mol. The molecule has 27 nitrogen and oxygen atoms in total. The van der Waals surface area contributed by atoms with Crippen LogP contribution in [0.4, 0.5) is 56.9 Å². The summed E-state index contributed by atoms with van der Waals surface area (Å²) in [6, 6.07) is 21.4. The summed E-state index contributed by atoms with van der Waals surface area (Å²) in [5, 5.41) is 75.9. The Morgan fingerprint density at radius 2 is 0.726 bits per heavy atom. The van der Waals surface area contributed by atoms with Crippen LogP contribution in [0, 0.1) is 0 Å². The summed E-state index contributed by atoms with van der Waals surface area (Å²) >= 11 is 0. The van der Waals surface area contributed by atoms with E-state index >= 15 is 0 Å². The van der Waals surface area contributed by atoms with Crippen molar-refractivity contribution >= 4 is 86.5 Å². The number of aliphatic hydroxyl groups is 7. The number of carboxylic acid groups (broad SMARTS) is 1. The van der Waals surface area contributed by atoms with Crippen molar-refractivity contribution in [2.75, 3.05) is 117 Å². The van der Waals surface area contributed by atoms with E-state index in [4.69, 9.17) is 104 Å². The molecule has 0 heterocycles. The van der Waals surface area contributed by atoms with Crippen LogP contribution in [0.15, 0.2) is 91.0 Å². The van der Waals surface area contributed by atoms with Crippen LogP contribution in [0.1, 0.15) is 51.8 Å². The SMILES string of the molecule is NC(=O)c1cc(N)cc(N)c1.Nc1cc(N)cc(C(=O)N(CCO)CCO)c1.Nc1cc(N)cc(C(=O)NC(CO)(CO)CO)c1.Nc1cc(N)cc(C(=O)NC(CO)CO)c1.Nc1cc(N)cc(C(=O)O)c1. The van der Waals surface area contributed by atoms with Crippen LogP contribution in [0.25, 0.3) is 0 Å². The molecule has 32 N–H and O–H groups in total. The van der Waals surface area contributed by atoms with Crippen molar-refractivity contribution in [3.05, 3.63) is 119 Å². The number of rotatable bonds is 16. The highest BCUT2D eigenvalue weighted by atomic mass is 16.4. The first kappa shape index (κ1) is 62.2. The molecule has 0 aromatic heterocycles. The maximum Gasteiger partial charge on any atom is 0.335 e. The van der Waals surface area contributed by atoms with Gasteiger partial charge in [0.2, 0.25) is 5.91 Å². The zero-order valence-corrected chi connectivity index (χ0v) is 39.5. The molecule has 0 saturated carbocycles. The summed E-state index contributed by atoms with van der Waals surface area (Å²) in [6.45, 7) is -2.45. The second kappa shape index (κ2) is 30.7. The lowest BCUT2D eigenvalue weighted by Gasteiger charge is -2.28. The summed E-state index contributed by atoms with van der Waals surface area (Å²) in [6.07, 6.45) is 0. The van der Waals surface area contributed by atoms with E-state index in [1.165, 1.54) is 83.8 Å². The smallest absolute Gasteiger partial charge is 0.335 e. The van der Waals surface area contributed by atoms with Crippen LogP contribution < -0.4 is 73.7 Å². The standard InChI is InChI=1S/C11H17N3O4.C11H17N3O3.C10H15N3O3.C7H9N3O.C7H8N2O2/c12-8-1-7(2-9(13)3-8)10(18)14-11(4-15,5-16)6-17;12-9-5-8(6-10(13)7-9)11(17)14(1-3-15)2-4-16;11-7-1-6(2-8(12)3-7)10(16)13-9(4-14)5-15;2*8-5-1-4(7(10)11)2-6(9)3-5/h1-3,15-17H,4-6,12-13H2,(H,14,18);5-7,15-16H,1-4,12-13H2;1-3,9,14-15H,4-5,11-12H2,(H,13,16);1-3H,8-9H2,(H2,10,11);1-3H,8-9H2,(H,10,11). The summed E-state index contributed by atoms with van der Waals surface area (Å²) in [5.74, 6) is -2.89. The summed E-state index contributed by atoms with van der Waals surface area (Å²) in [5.41, 5.74) is 63.5.